The number of aliphatic hydroxyl groups excluding tert-OH is 1. The van der Waals surface area contributed by atoms with Gasteiger partial charge in [0.15, 0.2) is 0 Å². The second-order valence-corrected chi connectivity index (χ2v) is 8.78. The average molecular weight is 510 g/mol. The van der Waals surface area contributed by atoms with Gasteiger partial charge in [0.2, 0.25) is 5.13 Å². The number of aromatic nitrogens is 4. The summed E-state index contributed by atoms with van der Waals surface area (Å²) in [5.74, 6) is -0.721. The van der Waals surface area contributed by atoms with Crippen LogP contribution in [0.1, 0.15) is 33.0 Å². The van der Waals surface area contributed by atoms with Gasteiger partial charge in [-0.25, -0.2) is 4.39 Å². The number of pyridine rings is 2. The largest absolute Gasteiger partial charge is 0.496 e. The van der Waals surface area contributed by atoms with Crippen molar-refractivity contribution in [3.63, 3.8) is 0 Å². The number of aliphatic hydroxyl groups is 1. The zero-order valence-corrected chi connectivity index (χ0v) is 20.7. The fraction of sp³-hybridized carbons (Fsp3) is 0.240. The monoisotopic (exact) mass is 509 g/mol. The SMILES string of the molecule is COc1cccc(F)c1-c1cc(C)nc(C)c1C(=O)Nc1nnc(OCc2ccc(CCO)cn2)s1. The first-order chi connectivity index (χ1) is 17.4. The Hall–Kier alpha value is -3.96. The van der Waals surface area contributed by atoms with Crippen molar-refractivity contribution in [2.24, 2.45) is 0 Å². The maximum atomic E-state index is 14.9. The van der Waals surface area contributed by atoms with Crippen LogP contribution in [-0.2, 0) is 13.0 Å². The first kappa shape index (κ1) is 25.1. The first-order valence-corrected chi connectivity index (χ1v) is 11.8. The Labute approximate surface area is 211 Å². The Kier molecular flexibility index (Phi) is 7.81. The molecule has 0 radical (unpaired) electrons. The number of anilines is 1. The summed E-state index contributed by atoms with van der Waals surface area (Å²) in [6.07, 6.45) is 2.22. The molecule has 0 saturated carbocycles. The number of amides is 1. The number of hydrogen-bond acceptors (Lipinski definition) is 9. The van der Waals surface area contributed by atoms with Crippen LogP contribution in [0.25, 0.3) is 11.1 Å². The van der Waals surface area contributed by atoms with E-state index in [0.717, 1.165) is 16.9 Å². The van der Waals surface area contributed by atoms with Gasteiger partial charge in [-0.2, -0.15) is 0 Å². The van der Waals surface area contributed by atoms with Gasteiger partial charge in [-0.05, 0) is 61.4 Å². The summed E-state index contributed by atoms with van der Waals surface area (Å²) < 4.78 is 25.9. The van der Waals surface area contributed by atoms with Crippen molar-refractivity contribution in [1.82, 2.24) is 20.2 Å². The number of nitrogens with zero attached hydrogens (tertiary/aromatic N) is 4. The van der Waals surface area contributed by atoms with E-state index >= 15 is 0 Å². The molecule has 0 aliphatic heterocycles. The van der Waals surface area contributed by atoms with E-state index in [0.29, 0.717) is 34.8 Å². The van der Waals surface area contributed by atoms with Crippen molar-refractivity contribution in [2.45, 2.75) is 26.9 Å². The summed E-state index contributed by atoms with van der Waals surface area (Å²) in [5.41, 5.74) is 3.42. The summed E-state index contributed by atoms with van der Waals surface area (Å²) >= 11 is 1.05. The van der Waals surface area contributed by atoms with Gasteiger partial charge in [0, 0.05) is 24.1 Å². The molecule has 3 heterocycles. The molecule has 186 valence electrons. The van der Waals surface area contributed by atoms with Gasteiger partial charge in [0.05, 0.1) is 29.6 Å². The smallest absolute Gasteiger partial charge is 0.296 e. The third-order valence-electron chi connectivity index (χ3n) is 5.28. The summed E-state index contributed by atoms with van der Waals surface area (Å²) in [6, 6.07) is 9.81. The predicted molar refractivity (Wildman–Crippen MR) is 133 cm³/mol. The highest BCUT2D eigenvalue weighted by atomic mass is 32.1. The fourth-order valence-electron chi connectivity index (χ4n) is 3.68. The maximum Gasteiger partial charge on any atom is 0.296 e. The fourth-order valence-corrected chi connectivity index (χ4v) is 4.27. The summed E-state index contributed by atoms with van der Waals surface area (Å²) in [6.45, 7) is 3.69. The number of benzene rings is 1. The molecule has 0 spiro atoms. The molecule has 36 heavy (non-hydrogen) atoms. The molecule has 0 unspecified atom stereocenters. The van der Waals surface area contributed by atoms with E-state index in [9.17, 15) is 9.18 Å². The number of methoxy groups -OCH3 is 1. The highest BCUT2D eigenvalue weighted by Crippen LogP contribution is 2.36. The minimum atomic E-state index is -0.516. The maximum absolute atomic E-state index is 14.9. The molecule has 0 atom stereocenters. The molecule has 2 N–H and O–H groups in total. The molecule has 4 rings (SSSR count). The van der Waals surface area contributed by atoms with E-state index < -0.39 is 11.7 Å². The Morgan fingerprint density at radius 3 is 2.75 bits per heavy atom. The van der Waals surface area contributed by atoms with E-state index in [1.807, 2.05) is 6.07 Å². The van der Waals surface area contributed by atoms with Crippen LogP contribution >= 0.6 is 11.3 Å². The Morgan fingerprint density at radius 2 is 2.03 bits per heavy atom. The molecule has 0 fully saturated rings. The Morgan fingerprint density at radius 1 is 1.19 bits per heavy atom. The average Bonchev–Trinajstić information content (AvgIpc) is 3.30. The van der Waals surface area contributed by atoms with Crippen LogP contribution in [0.4, 0.5) is 9.52 Å². The minimum Gasteiger partial charge on any atom is -0.496 e. The Bertz CT molecular complexity index is 1380. The quantitative estimate of drug-likeness (QED) is 0.346. The van der Waals surface area contributed by atoms with Crippen molar-refractivity contribution in [2.75, 3.05) is 19.0 Å². The summed E-state index contributed by atoms with van der Waals surface area (Å²) in [4.78, 5) is 22.0. The lowest BCUT2D eigenvalue weighted by atomic mass is 9.96. The van der Waals surface area contributed by atoms with E-state index in [1.165, 1.54) is 13.2 Å². The van der Waals surface area contributed by atoms with Gasteiger partial charge in [-0.15, -0.1) is 5.10 Å². The van der Waals surface area contributed by atoms with Gasteiger partial charge in [-0.3, -0.25) is 20.1 Å². The number of nitrogens with one attached hydrogen (secondary N) is 1. The van der Waals surface area contributed by atoms with Crippen molar-refractivity contribution in [3.8, 4) is 22.1 Å². The molecule has 4 aromatic rings. The third-order valence-corrected chi connectivity index (χ3v) is 6.03. The third kappa shape index (κ3) is 5.64. The zero-order chi connectivity index (χ0) is 25.7. The number of aryl methyl sites for hydroxylation is 2. The van der Waals surface area contributed by atoms with Crippen molar-refractivity contribution < 1.29 is 23.8 Å². The van der Waals surface area contributed by atoms with Crippen LogP contribution < -0.4 is 14.8 Å². The number of rotatable bonds is 9. The number of ether oxygens (including phenoxy) is 2. The predicted octanol–water partition coefficient (Wildman–Crippen LogP) is 4.13. The molecule has 0 aliphatic rings. The first-order valence-electron chi connectivity index (χ1n) is 11.0. The molecule has 9 nitrogen and oxygen atoms in total. The highest BCUT2D eigenvalue weighted by Gasteiger charge is 2.23. The van der Waals surface area contributed by atoms with E-state index in [4.69, 9.17) is 14.6 Å². The molecule has 11 heteroatoms. The van der Waals surface area contributed by atoms with Gasteiger partial charge in [0.1, 0.15) is 18.2 Å². The lowest BCUT2D eigenvalue weighted by Crippen LogP contribution is -2.16. The number of carbonyl (C=O) groups excluding carboxylic acids is 1. The van der Waals surface area contributed by atoms with E-state index in [-0.39, 0.29) is 34.7 Å². The number of halogens is 1. The molecular weight excluding hydrogens is 485 g/mol. The van der Waals surface area contributed by atoms with Gasteiger partial charge < -0.3 is 14.6 Å². The van der Waals surface area contributed by atoms with Crippen molar-refractivity contribution in [3.05, 3.63) is 76.6 Å². The number of carbonyl (C=O) groups is 1. The van der Waals surface area contributed by atoms with Crippen LogP contribution in [0.15, 0.2) is 42.6 Å². The summed E-state index contributed by atoms with van der Waals surface area (Å²) in [5, 5.41) is 20.1. The van der Waals surface area contributed by atoms with Crippen LogP contribution in [0, 0.1) is 19.7 Å². The van der Waals surface area contributed by atoms with Gasteiger partial charge in [-0.1, -0.05) is 17.2 Å². The molecular formula is C25H24FN5O4S. The lowest BCUT2D eigenvalue weighted by molar-refractivity contribution is 0.102. The van der Waals surface area contributed by atoms with E-state index in [1.54, 1.807) is 44.3 Å². The second kappa shape index (κ2) is 11.2. The van der Waals surface area contributed by atoms with Gasteiger partial charge in [0.25, 0.3) is 11.1 Å². The molecule has 3 aromatic heterocycles. The standard InChI is InChI=1S/C25H24FN5O4S/c1-14-11-18(22-19(26)5-4-6-20(22)34-3)21(15(2)28-14)23(33)29-24-30-31-25(36-24)35-13-17-8-7-16(9-10-32)12-27-17/h4-8,11-12,32H,9-10,13H2,1-3H3,(H,29,30,33). The minimum absolute atomic E-state index is 0.0598. The Balaban J connectivity index is 1.53. The van der Waals surface area contributed by atoms with Crippen LogP contribution in [0.3, 0.4) is 0 Å². The molecule has 0 bridgehead atoms. The van der Waals surface area contributed by atoms with Crippen LogP contribution in [-0.4, -0.2) is 44.9 Å². The van der Waals surface area contributed by atoms with Crippen LogP contribution in [0.2, 0.25) is 0 Å². The van der Waals surface area contributed by atoms with Crippen LogP contribution in [0.5, 0.6) is 10.9 Å². The second-order valence-electron chi connectivity index (χ2n) is 7.84. The van der Waals surface area contributed by atoms with Gasteiger partial charge >= 0.3 is 0 Å². The normalized spacial score (nSPS) is 10.8. The summed E-state index contributed by atoms with van der Waals surface area (Å²) in [7, 11) is 1.45. The highest BCUT2D eigenvalue weighted by molar-refractivity contribution is 7.17. The van der Waals surface area contributed by atoms with Crippen molar-refractivity contribution in [1.29, 1.82) is 0 Å². The number of hydrogen-bond donors (Lipinski definition) is 2. The molecule has 1 amide bonds. The van der Waals surface area contributed by atoms with Crippen molar-refractivity contribution >= 4 is 22.4 Å². The zero-order valence-electron chi connectivity index (χ0n) is 19.9. The molecule has 0 saturated heterocycles. The topological polar surface area (TPSA) is 119 Å². The van der Waals surface area contributed by atoms with E-state index in [2.05, 4.69) is 25.5 Å². The lowest BCUT2D eigenvalue weighted by Gasteiger charge is -2.16. The molecule has 1 aromatic carbocycles. The molecule has 0 aliphatic carbocycles.